The molecule has 1 aromatic carbocycles. The molecule has 1 aromatic rings. The van der Waals surface area contributed by atoms with Crippen molar-refractivity contribution in [1.29, 1.82) is 0 Å². The van der Waals surface area contributed by atoms with Gasteiger partial charge in [-0.05, 0) is 29.5 Å². The van der Waals surface area contributed by atoms with Crippen molar-refractivity contribution >= 4 is 11.8 Å². The second kappa shape index (κ2) is 4.72. The van der Waals surface area contributed by atoms with E-state index in [-0.39, 0.29) is 22.7 Å². The molecule has 15 heavy (non-hydrogen) atoms. The third-order valence-electron chi connectivity index (χ3n) is 1.75. The Kier molecular flexibility index (Phi) is 3.82. The van der Waals surface area contributed by atoms with Crippen LogP contribution in [0.4, 0.5) is 13.2 Å². The smallest absolute Gasteiger partial charge is 0.321 e. The van der Waals surface area contributed by atoms with Crippen molar-refractivity contribution in [3.63, 3.8) is 0 Å². The Morgan fingerprint density at radius 3 is 2.20 bits per heavy atom. The summed E-state index contributed by atoms with van der Waals surface area (Å²) in [7, 11) is 0. The molecular weight excluding hydrogens is 223 g/mol. The van der Waals surface area contributed by atoms with Gasteiger partial charge in [0.05, 0.1) is 0 Å². The van der Waals surface area contributed by atoms with Gasteiger partial charge in [0.1, 0.15) is 0 Å². The van der Waals surface area contributed by atoms with Crippen LogP contribution in [-0.2, 0) is 0 Å². The first-order valence-corrected chi connectivity index (χ1v) is 4.98. The van der Waals surface area contributed by atoms with E-state index in [0.717, 1.165) is 5.56 Å². The van der Waals surface area contributed by atoms with E-state index in [4.69, 9.17) is 5.73 Å². The van der Waals surface area contributed by atoms with Crippen LogP contribution in [-0.4, -0.2) is 5.51 Å². The Labute approximate surface area is 90.2 Å². The second-order valence-electron chi connectivity index (χ2n) is 2.88. The summed E-state index contributed by atoms with van der Waals surface area (Å²) in [6.07, 6.45) is 1.53. The number of hydrogen-bond acceptors (Lipinski definition) is 2. The average Bonchev–Trinajstić information content (AvgIpc) is 2.15. The van der Waals surface area contributed by atoms with Gasteiger partial charge in [0.2, 0.25) is 0 Å². The summed E-state index contributed by atoms with van der Waals surface area (Å²) in [6, 6.07) is 5.60. The molecule has 0 heterocycles. The van der Waals surface area contributed by atoms with Gasteiger partial charge in [0.15, 0.2) is 0 Å². The lowest BCUT2D eigenvalue weighted by Gasteiger charge is -2.08. The van der Waals surface area contributed by atoms with Crippen LogP contribution in [0.1, 0.15) is 11.6 Å². The van der Waals surface area contributed by atoms with Crippen LogP contribution in [0.5, 0.6) is 0 Å². The molecule has 0 saturated heterocycles. The standard InChI is InChI=1S/C10H10F3NS/c1-2-9(14)7-3-5-8(6-4-7)15-10(11,12)13/h2-6,9H,1,14H2/t9-/m1/s1. The predicted octanol–water partition coefficient (Wildman–Crippen LogP) is 3.48. The van der Waals surface area contributed by atoms with E-state index in [0.29, 0.717) is 0 Å². The third-order valence-corrected chi connectivity index (χ3v) is 2.49. The number of rotatable bonds is 3. The van der Waals surface area contributed by atoms with Crippen molar-refractivity contribution in [2.24, 2.45) is 5.73 Å². The first-order chi connectivity index (χ1) is 6.92. The lowest BCUT2D eigenvalue weighted by atomic mass is 10.1. The highest BCUT2D eigenvalue weighted by Crippen LogP contribution is 2.36. The predicted molar refractivity (Wildman–Crippen MR) is 55.5 cm³/mol. The van der Waals surface area contributed by atoms with Crippen molar-refractivity contribution in [3.8, 4) is 0 Å². The van der Waals surface area contributed by atoms with Crippen molar-refractivity contribution in [1.82, 2.24) is 0 Å². The van der Waals surface area contributed by atoms with Crippen molar-refractivity contribution in [2.45, 2.75) is 16.4 Å². The number of thioether (sulfide) groups is 1. The van der Waals surface area contributed by atoms with E-state index in [1.54, 1.807) is 12.1 Å². The normalized spacial score (nSPS) is 13.6. The first-order valence-electron chi connectivity index (χ1n) is 4.16. The number of hydrogen-bond donors (Lipinski definition) is 1. The van der Waals surface area contributed by atoms with Crippen LogP contribution in [0.15, 0.2) is 41.8 Å². The number of nitrogens with two attached hydrogens (primary N) is 1. The molecule has 2 N–H and O–H groups in total. The maximum atomic E-state index is 12.0. The van der Waals surface area contributed by atoms with Crippen LogP contribution >= 0.6 is 11.8 Å². The monoisotopic (exact) mass is 233 g/mol. The molecule has 0 aliphatic rings. The summed E-state index contributed by atoms with van der Waals surface area (Å²) >= 11 is -0.138. The summed E-state index contributed by atoms with van der Waals surface area (Å²) < 4.78 is 36.0. The lowest BCUT2D eigenvalue weighted by Crippen LogP contribution is -2.06. The zero-order valence-electron chi connectivity index (χ0n) is 7.79. The maximum Gasteiger partial charge on any atom is 0.446 e. The van der Waals surface area contributed by atoms with Crippen LogP contribution in [0, 0.1) is 0 Å². The van der Waals surface area contributed by atoms with Gasteiger partial charge >= 0.3 is 5.51 Å². The van der Waals surface area contributed by atoms with E-state index in [9.17, 15) is 13.2 Å². The Morgan fingerprint density at radius 1 is 1.27 bits per heavy atom. The molecule has 82 valence electrons. The molecule has 1 rings (SSSR count). The van der Waals surface area contributed by atoms with Gasteiger partial charge in [-0.3, -0.25) is 0 Å². The zero-order chi connectivity index (χ0) is 11.5. The fourth-order valence-corrected chi connectivity index (χ4v) is 1.57. The number of alkyl halides is 3. The Balaban J connectivity index is 2.77. The second-order valence-corrected chi connectivity index (χ2v) is 4.02. The molecular formula is C10H10F3NS. The van der Waals surface area contributed by atoms with Crippen molar-refractivity contribution < 1.29 is 13.2 Å². The SMILES string of the molecule is C=C[C@@H](N)c1ccc(SC(F)(F)F)cc1. The Bertz CT molecular complexity index is 332. The summed E-state index contributed by atoms with van der Waals surface area (Å²) in [6.45, 7) is 3.51. The van der Waals surface area contributed by atoms with Crippen LogP contribution in [0.25, 0.3) is 0 Å². The van der Waals surface area contributed by atoms with E-state index in [2.05, 4.69) is 6.58 Å². The van der Waals surface area contributed by atoms with Crippen LogP contribution in [0.2, 0.25) is 0 Å². The minimum Gasteiger partial charge on any atom is -0.321 e. The lowest BCUT2D eigenvalue weighted by molar-refractivity contribution is -0.0328. The summed E-state index contributed by atoms with van der Waals surface area (Å²) in [4.78, 5) is 0.155. The van der Waals surface area contributed by atoms with Crippen molar-refractivity contribution in [2.75, 3.05) is 0 Å². The highest BCUT2D eigenvalue weighted by molar-refractivity contribution is 8.00. The maximum absolute atomic E-state index is 12.0. The molecule has 0 unspecified atom stereocenters. The molecule has 0 fully saturated rings. The minimum absolute atomic E-state index is 0.138. The van der Waals surface area contributed by atoms with Gasteiger partial charge < -0.3 is 5.73 Å². The molecule has 0 saturated carbocycles. The van der Waals surface area contributed by atoms with Crippen LogP contribution in [0.3, 0.4) is 0 Å². The molecule has 0 bridgehead atoms. The number of benzene rings is 1. The largest absolute Gasteiger partial charge is 0.446 e. The molecule has 5 heteroatoms. The van der Waals surface area contributed by atoms with Crippen molar-refractivity contribution in [3.05, 3.63) is 42.5 Å². The number of halogens is 3. The summed E-state index contributed by atoms with van der Waals surface area (Å²) in [5.74, 6) is 0. The van der Waals surface area contributed by atoms with Gasteiger partial charge in [0.25, 0.3) is 0 Å². The first kappa shape index (κ1) is 12.1. The third kappa shape index (κ3) is 3.97. The van der Waals surface area contributed by atoms with Gasteiger partial charge in [0, 0.05) is 10.9 Å². The van der Waals surface area contributed by atoms with E-state index in [1.165, 1.54) is 18.2 Å². The Morgan fingerprint density at radius 2 is 1.80 bits per heavy atom. The van der Waals surface area contributed by atoms with Gasteiger partial charge in [-0.2, -0.15) is 13.2 Å². The molecule has 1 nitrogen and oxygen atoms in total. The van der Waals surface area contributed by atoms with Gasteiger partial charge in [-0.15, -0.1) is 6.58 Å². The van der Waals surface area contributed by atoms with Crippen LogP contribution < -0.4 is 5.73 Å². The molecule has 0 amide bonds. The molecule has 0 aromatic heterocycles. The molecule has 0 spiro atoms. The van der Waals surface area contributed by atoms with Gasteiger partial charge in [-0.25, -0.2) is 0 Å². The van der Waals surface area contributed by atoms with E-state index >= 15 is 0 Å². The topological polar surface area (TPSA) is 26.0 Å². The highest BCUT2D eigenvalue weighted by atomic mass is 32.2. The van der Waals surface area contributed by atoms with Gasteiger partial charge in [-0.1, -0.05) is 18.2 Å². The van der Waals surface area contributed by atoms with E-state index in [1.807, 2.05) is 0 Å². The summed E-state index contributed by atoms with van der Waals surface area (Å²) in [5, 5.41) is 0. The highest BCUT2D eigenvalue weighted by Gasteiger charge is 2.28. The fourth-order valence-electron chi connectivity index (χ4n) is 1.03. The molecule has 0 radical (unpaired) electrons. The minimum atomic E-state index is -4.25. The Hall–Kier alpha value is -0.940. The van der Waals surface area contributed by atoms with E-state index < -0.39 is 5.51 Å². The molecule has 1 atom stereocenters. The fraction of sp³-hybridized carbons (Fsp3) is 0.200. The molecule has 0 aliphatic carbocycles. The quantitative estimate of drug-likeness (QED) is 0.639. The molecule has 0 aliphatic heterocycles. The average molecular weight is 233 g/mol. The zero-order valence-corrected chi connectivity index (χ0v) is 8.61. The summed E-state index contributed by atoms with van der Waals surface area (Å²) in [5.41, 5.74) is 2.12.